The molecule has 0 saturated carbocycles. The van der Waals surface area contributed by atoms with Gasteiger partial charge in [0.1, 0.15) is 5.75 Å². The van der Waals surface area contributed by atoms with E-state index in [4.69, 9.17) is 4.74 Å². The normalized spacial score (nSPS) is 14.7. The first-order valence-corrected chi connectivity index (χ1v) is 6.92. The first-order valence-electron chi connectivity index (χ1n) is 6.13. The van der Waals surface area contributed by atoms with Crippen molar-refractivity contribution in [3.05, 3.63) is 28.7 Å². The fourth-order valence-corrected chi connectivity index (χ4v) is 2.28. The molecule has 0 bridgehead atoms. The van der Waals surface area contributed by atoms with E-state index in [-0.39, 0.29) is 18.3 Å². The maximum Gasteiger partial charge on any atom is 0.226 e. The van der Waals surface area contributed by atoms with Crippen LogP contribution in [0.2, 0.25) is 0 Å². The largest absolute Gasteiger partial charge is 0.492 e. The molecule has 1 aromatic rings. The third-order valence-electron chi connectivity index (χ3n) is 2.88. The van der Waals surface area contributed by atoms with E-state index in [0.717, 1.165) is 36.4 Å². The number of halogens is 2. The molecule has 1 amide bonds. The van der Waals surface area contributed by atoms with Gasteiger partial charge in [-0.1, -0.05) is 12.1 Å². The summed E-state index contributed by atoms with van der Waals surface area (Å²) in [6.45, 7) is 3.79. The fourth-order valence-electron chi connectivity index (χ4n) is 1.88. The number of ether oxygens (including phenoxy) is 1. The fraction of sp³-hybridized carbons (Fsp3) is 0.462. The highest BCUT2D eigenvalue weighted by molar-refractivity contribution is 9.10. The highest BCUT2D eigenvalue weighted by atomic mass is 79.9. The number of benzene rings is 1. The molecule has 0 aromatic heterocycles. The number of carbonyl (C=O) groups is 1. The monoisotopic (exact) mass is 348 g/mol. The van der Waals surface area contributed by atoms with Crippen molar-refractivity contribution in [2.75, 3.05) is 32.8 Å². The van der Waals surface area contributed by atoms with Crippen LogP contribution < -0.4 is 10.1 Å². The van der Waals surface area contributed by atoms with Crippen LogP contribution in [-0.4, -0.2) is 43.6 Å². The molecular weight excluding hydrogens is 332 g/mol. The van der Waals surface area contributed by atoms with E-state index >= 15 is 0 Å². The van der Waals surface area contributed by atoms with Gasteiger partial charge in [0.15, 0.2) is 0 Å². The molecule has 0 spiro atoms. The molecule has 1 heterocycles. The third-order valence-corrected chi connectivity index (χ3v) is 3.53. The summed E-state index contributed by atoms with van der Waals surface area (Å²) in [7, 11) is 0. The number of carbonyl (C=O) groups excluding carboxylic acids is 1. The maximum atomic E-state index is 11.9. The van der Waals surface area contributed by atoms with E-state index in [9.17, 15) is 4.79 Å². The number of nitrogens with zero attached hydrogens (tertiary/aromatic N) is 1. The Labute approximate surface area is 128 Å². The molecule has 4 nitrogen and oxygen atoms in total. The van der Waals surface area contributed by atoms with E-state index in [0.29, 0.717) is 13.0 Å². The standard InChI is InChI=1S/C13H17BrN2O2.ClH/c14-11-3-1-2-4-12(11)18-10-5-13(17)16-8-6-15-7-9-16;/h1-4,15H,5-10H2;1H. The molecule has 0 unspecified atom stereocenters. The van der Waals surface area contributed by atoms with Crippen molar-refractivity contribution in [2.24, 2.45) is 0 Å². The highest BCUT2D eigenvalue weighted by Crippen LogP contribution is 2.23. The molecule has 1 saturated heterocycles. The number of nitrogens with one attached hydrogen (secondary N) is 1. The second-order valence-electron chi connectivity index (χ2n) is 4.16. The van der Waals surface area contributed by atoms with Gasteiger partial charge >= 0.3 is 0 Å². The van der Waals surface area contributed by atoms with Crippen molar-refractivity contribution in [2.45, 2.75) is 6.42 Å². The average molecular weight is 350 g/mol. The van der Waals surface area contributed by atoms with E-state index in [2.05, 4.69) is 21.2 Å². The van der Waals surface area contributed by atoms with Gasteiger partial charge in [-0.15, -0.1) is 12.4 Å². The molecule has 1 aliphatic heterocycles. The van der Waals surface area contributed by atoms with Crippen LogP contribution in [0, 0.1) is 0 Å². The molecular formula is C13H18BrClN2O2. The Morgan fingerprint density at radius 1 is 1.32 bits per heavy atom. The smallest absolute Gasteiger partial charge is 0.226 e. The Kier molecular flexibility index (Phi) is 7.20. The number of hydrogen-bond donors (Lipinski definition) is 1. The lowest BCUT2D eigenvalue weighted by Crippen LogP contribution is -2.46. The molecule has 1 aliphatic rings. The van der Waals surface area contributed by atoms with Crippen LogP contribution in [0.15, 0.2) is 28.7 Å². The number of piperazine rings is 1. The summed E-state index contributed by atoms with van der Waals surface area (Å²) in [4.78, 5) is 13.8. The topological polar surface area (TPSA) is 41.6 Å². The first kappa shape index (κ1) is 16.3. The highest BCUT2D eigenvalue weighted by Gasteiger charge is 2.15. The van der Waals surface area contributed by atoms with E-state index in [1.807, 2.05) is 29.2 Å². The van der Waals surface area contributed by atoms with Crippen molar-refractivity contribution in [3.63, 3.8) is 0 Å². The summed E-state index contributed by atoms with van der Waals surface area (Å²) < 4.78 is 6.50. The Morgan fingerprint density at radius 2 is 2.00 bits per heavy atom. The number of hydrogen-bond acceptors (Lipinski definition) is 3. The summed E-state index contributed by atoms with van der Waals surface area (Å²) >= 11 is 3.41. The van der Waals surface area contributed by atoms with Gasteiger partial charge < -0.3 is 15.0 Å². The SMILES string of the molecule is Cl.O=C(CCOc1ccccc1Br)N1CCNCC1. The van der Waals surface area contributed by atoms with Gasteiger partial charge in [0.25, 0.3) is 0 Å². The van der Waals surface area contributed by atoms with Gasteiger partial charge in [0.2, 0.25) is 5.91 Å². The molecule has 0 radical (unpaired) electrons. The zero-order valence-corrected chi connectivity index (χ0v) is 13.0. The minimum atomic E-state index is 0. The van der Waals surface area contributed by atoms with Crippen LogP contribution in [0.25, 0.3) is 0 Å². The molecule has 6 heteroatoms. The molecule has 106 valence electrons. The number of para-hydroxylation sites is 1. The van der Waals surface area contributed by atoms with Crippen LogP contribution in [0.4, 0.5) is 0 Å². The second kappa shape index (κ2) is 8.40. The minimum Gasteiger partial charge on any atom is -0.492 e. The van der Waals surface area contributed by atoms with Gasteiger partial charge in [-0.05, 0) is 28.1 Å². The quantitative estimate of drug-likeness (QED) is 0.905. The molecule has 1 aromatic carbocycles. The Bertz CT molecular complexity index is 411. The summed E-state index contributed by atoms with van der Waals surface area (Å²) in [6, 6.07) is 7.66. The van der Waals surface area contributed by atoms with Crippen LogP contribution in [0.5, 0.6) is 5.75 Å². The van der Waals surface area contributed by atoms with Crippen molar-refractivity contribution < 1.29 is 9.53 Å². The molecule has 1 fully saturated rings. The minimum absolute atomic E-state index is 0. The van der Waals surface area contributed by atoms with Crippen molar-refractivity contribution in [1.29, 1.82) is 0 Å². The lowest BCUT2D eigenvalue weighted by atomic mass is 10.3. The zero-order chi connectivity index (χ0) is 12.8. The van der Waals surface area contributed by atoms with Crippen molar-refractivity contribution in [1.82, 2.24) is 10.2 Å². The first-order chi connectivity index (χ1) is 8.77. The van der Waals surface area contributed by atoms with Gasteiger partial charge in [-0.2, -0.15) is 0 Å². The molecule has 1 N–H and O–H groups in total. The molecule has 0 aliphatic carbocycles. The predicted molar refractivity (Wildman–Crippen MR) is 81.0 cm³/mol. The van der Waals surface area contributed by atoms with Gasteiger partial charge in [-0.3, -0.25) is 4.79 Å². The van der Waals surface area contributed by atoms with E-state index in [1.165, 1.54) is 0 Å². The Morgan fingerprint density at radius 3 is 2.68 bits per heavy atom. The summed E-state index contributed by atoms with van der Waals surface area (Å²) in [6.07, 6.45) is 0.432. The van der Waals surface area contributed by atoms with Crippen LogP contribution >= 0.6 is 28.3 Å². The maximum absolute atomic E-state index is 11.9. The van der Waals surface area contributed by atoms with E-state index < -0.39 is 0 Å². The lowest BCUT2D eigenvalue weighted by Gasteiger charge is -2.27. The van der Waals surface area contributed by atoms with E-state index in [1.54, 1.807) is 0 Å². The Balaban J connectivity index is 0.00000180. The van der Waals surface area contributed by atoms with Gasteiger partial charge in [0.05, 0.1) is 17.5 Å². The van der Waals surface area contributed by atoms with Crippen LogP contribution in [0.1, 0.15) is 6.42 Å². The number of rotatable bonds is 4. The molecule has 19 heavy (non-hydrogen) atoms. The second-order valence-corrected chi connectivity index (χ2v) is 5.01. The van der Waals surface area contributed by atoms with Crippen molar-refractivity contribution >= 4 is 34.2 Å². The van der Waals surface area contributed by atoms with Crippen LogP contribution in [0.3, 0.4) is 0 Å². The lowest BCUT2D eigenvalue weighted by molar-refractivity contribution is -0.132. The van der Waals surface area contributed by atoms with Gasteiger partial charge in [0, 0.05) is 26.2 Å². The van der Waals surface area contributed by atoms with Crippen molar-refractivity contribution in [3.8, 4) is 5.75 Å². The Hall–Kier alpha value is -0.780. The third kappa shape index (κ3) is 5.01. The van der Waals surface area contributed by atoms with Crippen LogP contribution in [-0.2, 0) is 4.79 Å². The molecule has 2 rings (SSSR count). The summed E-state index contributed by atoms with van der Waals surface area (Å²) in [5, 5.41) is 3.23. The average Bonchev–Trinajstić information content (AvgIpc) is 2.42. The zero-order valence-electron chi connectivity index (χ0n) is 10.6. The summed E-state index contributed by atoms with van der Waals surface area (Å²) in [5.74, 6) is 0.953. The number of amides is 1. The summed E-state index contributed by atoms with van der Waals surface area (Å²) in [5.41, 5.74) is 0. The van der Waals surface area contributed by atoms with Gasteiger partial charge in [-0.25, -0.2) is 0 Å². The molecule has 0 atom stereocenters. The predicted octanol–water partition coefficient (Wildman–Crippen LogP) is 2.07.